The highest BCUT2D eigenvalue weighted by molar-refractivity contribution is 8.01. The minimum Gasteiger partial charge on any atom is -0.392 e. The molecule has 0 radical (unpaired) electrons. The summed E-state index contributed by atoms with van der Waals surface area (Å²) in [6.07, 6.45) is -0.399. The van der Waals surface area contributed by atoms with Crippen LogP contribution in [0, 0.1) is 13.8 Å². The number of thioether (sulfide) groups is 1. The first-order chi connectivity index (χ1) is 8.32. The van der Waals surface area contributed by atoms with Gasteiger partial charge in [-0.3, -0.25) is 4.79 Å². The standard InChI is InChI=1S/C15H22O2S/c1-9-6-7-10(2)14(8-9)15(17)13(5)18-12(4)11(3)16/h6-8,11-13,16H,1-5H3. The van der Waals surface area contributed by atoms with Crippen LogP contribution in [0.3, 0.4) is 0 Å². The molecule has 0 aliphatic rings. The highest BCUT2D eigenvalue weighted by atomic mass is 32.2. The summed E-state index contributed by atoms with van der Waals surface area (Å²) in [5.41, 5.74) is 2.92. The maximum atomic E-state index is 12.4. The van der Waals surface area contributed by atoms with Crippen molar-refractivity contribution in [3.63, 3.8) is 0 Å². The predicted octanol–water partition coefficient (Wildman–Crippen LogP) is 3.38. The molecule has 1 aromatic carbocycles. The minimum atomic E-state index is -0.399. The van der Waals surface area contributed by atoms with Crippen molar-refractivity contribution in [2.75, 3.05) is 0 Å². The van der Waals surface area contributed by atoms with Gasteiger partial charge in [-0.1, -0.05) is 24.6 Å². The van der Waals surface area contributed by atoms with E-state index < -0.39 is 6.10 Å². The van der Waals surface area contributed by atoms with Gasteiger partial charge in [0.25, 0.3) is 0 Å². The van der Waals surface area contributed by atoms with Crippen molar-refractivity contribution in [3.8, 4) is 0 Å². The average Bonchev–Trinajstić information content (AvgIpc) is 2.31. The molecule has 3 atom stereocenters. The van der Waals surface area contributed by atoms with Crippen molar-refractivity contribution in [1.29, 1.82) is 0 Å². The molecule has 100 valence electrons. The van der Waals surface area contributed by atoms with E-state index in [1.807, 2.05) is 45.9 Å². The highest BCUT2D eigenvalue weighted by Crippen LogP contribution is 2.24. The van der Waals surface area contributed by atoms with Crippen LogP contribution in [0.1, 0.15) is 42.3 Å². The Kier molecular flexibility index (Phi) is 5.42. The normalized spacial score (nSPS) is 16.1. The fraction of sp³-hybridized carbons (Fsp3) is 0.533. The van der Waals surface area contributed by atoms with Gasteiger partial charge >= 0.3 is 0 Å². The molecule has 0 aliphatic carbocycles. The fourth-order valence-electron chi connectivity index (χ4n) is 1.72. The maximum Gasteiger partial charge on any atom is 0.175 e. The molecule has 3 unspecified atom stereocenters. The molecule has 2 nitrogen and oxygen atoms in total. The molecule has 0 spiro atoms. The molecule has 0 aromatic heterocycles. The Hall–Kier alpha value is -0.800. The Morgan fingerprint density at radius 3 is 2.39 bits per heavy atom. The molecular formula is C15H22O2S. The number of carbonyl (C=O) groups is 1. The lowest BCUT2D eigenvalue weighted by Gasteiger charge is -2.19. The summed E-state index contributed by atoms with van der Waals surface area (Å²) in [6.45, 7) is 9.57. The summed E-state index contributed by atoms with van der Waals surface area (Å²) in [7, 11) is 0. The van der Waals surface area contributed by atoms with Crippen molar-refractivity contribution >= 4 is 17.5 Å². The molecule has 0 aliphatic heterocycles. The zero-order valence-corrected chi connectivity index (χ0v) is 12.5. The van der Waals surface area contributed by atoms with Gasteiger partial charge in [-0.2, -0.15) is 0 Å². The average molecular weight is 266 g/mol. The molecule has 1 N–H and O–H groups in total. The van der Waals surface area contributed by atoms with Gasteiger partial charge < -0.3 is 5.11 Å². The second kappa shape index (κ2) is 6.39. The summed E-state index contributed by atoms with van der Waals surface area (Å²) in [5, 5.41) is 9.42. The molecule has 0 bridgehead atoms. The third kappa shape index (κ3) is 3.85. The molecule has 0 saturated carbocycles. The SMILES string of the molecule is Cc1ccc(C)c(C(=O)C(C)SC(C)C(C)O)c1. The number of aliphatic hydroxyl groups is 1. The summed E-state index contributed by atoms with van der Waals surface area (Å²) in [6, 6.07) is 5.95. The van der Waals surface area contributed by atoms with Crippen molar-refractivity contribution in [2.24, 2.45) is 0 Å². The lowest BCUT2D eigenvalue weighted by atomic mass is 10.0. The van der Waals surface area contributed by atoms with Gasteiger partial charge in [0.1, 0.15) is 0 Å². The van der Waals surface area contributed by atoms with Crippen LogP contribution < -0.4 is 0 Å². The van der Waals surface area contributed by atoms with Gasteiger partial charge in [-0.25, -0.2) is 0 Å². The third-order valence-electron chi connectivity index (χ3n) is 3.13. The van der Waals surface area contributed by atoms with Crippen molar-refractivity contribution in [2.45, 2.75) is 51.2 Å². The predicted molar refractivity (Wildman–Crippen MR) is 78.4 cm³/mol. The Labute approximate surface area is 114 Å². The molecule has 0 heterocycles. The first-order valence-corrected chi connectivity index (χ1v) is 7.22. The number of ketones is 1. The van der Waals surface area contributed by atoms with Crippen molar-refractivity contribution < 1.29 is 9.90 Å². The van der Waals surface area contributed by atoms with Crippen LogP contribution in [0.25, 0.3) is 0 Å². The smallest absolute Gasteiger partial charge is 0.175 e. The van der Waals surface area contributed by atoms with Gasteiger partial charge in [0, 0.05) is 10.8 Å². The van der Waals surface area contributed by atoms with E-state index in [1.165, 1.54) is 11.8 Å². The van der Waals surface area contributed by atoms with E-state index in [1.54, 1.807) is 6.92 Å². The van der Waals surface area contributed by atoms with E-state index in [-0.39, 0.29) is 16.3 Å². The van der Waals surface area contributed by atoms with Gasteiger partial charge in [0.2, 0.25) is 0 Å². The van der Waals surface area contributed by atoms with Gasteiger partial charge in [0.15, 0.2) is 5.78 Å². The first-order valence-electron chi connectivity index (χ1n) is 6.28. The number of hydrogen-bond acceptors (Lipinski definition) is 3. The lowest BCUT2D eigenvalue weighted by molar-refractivity contribution is 0.0993. The van der Waals surface area contributed by atoms with Crippen LogP contribution in [0.15, 0.2) is 18.2 Å². The number of aryl methyl sites for hydroxylation is 2. The van der Waals surface area contributed by atoms with E-state index in [2.05, 4.69) is 0 Å². The molecule has 1 rings (SSSR count). The van der Waals surface area contributed by atoms with E-state index in [4.69, 9.17) is 0 Å². The molecule has 0 saturated heterocycles. The van der Waals surface area contributed by atoms with Crippen molar-refractivity contribution in [3.05, 3.63) is 34.9 Å². The summed E-state index contributed by atoms with van der Waals surface area (Å²) < 4.78 is 0. The fourth-order valence-corrected chi connectivity index (χ4v) is 2.84. The Balaban J connectivity index is 2.83. The number of hydrogen-bond donors (Lipinski definition) is 1. The van der Waals surface area contributed by atoms with Crippen LogP contribution in [-0.4, -0.2) is 27.5 Å². The zero-order valence-electron chi connectivity index (χ0n) is 11.7. The highest BCUT2D eigenvalue weighted by Gasteiger charge is 2.21. The molecule has 1 aromatic rings. The van der Waals surface area contributed by atoms with E-state index in [0.717, 1.165) is 16.7 Å². The first kappa shape index (κ1) is 15.3. The second-order valence-electron chi connectivity index (χ2n) is 4.91. The van der Waals surface area contributed by atoms with Crippen LogP contribution in [0.4, 0.5) is 0 Å². The molecular weight excluding hydrogens is 244 g/mol. The molecule has 18 heavy (non-hydrogen) atoms. The quantitative estimate of drug-likeness (QED) is 0.830. The monoisotopic (exact) mass is 266 g/mol. The lowest BCUT2D eigenvalue weighted by Crippen LogP contribution is -2.23. The summed E-state index contributed by atoms with van der Waals surface area (Å²) in [4.78, 5) is 12.4. The van der Waals surface area contributed by atoms with Crippen molar-refractivity contribution in [1.82, 2.24) is 0 Å². The largest absolute Gasteiger partial charge is 0.392 e. The minimum absolute atomic E-state index is 0.0639. The van der Waals surface area contributed by atoms with Gasteiger partial charge in [0.05, 0.1) is 11.4 Å². The van der Waals surface area contributed by atoms with Crippen LogP contribution in [0.2, 0.25) is 0 Å². The molecule has 0 amide bonds. The summed E-state index contributed by atoms with van der Waals surface area (Å²) in [5.74, 6) is 0.147. The Bertz CT molecular complexity index is 427. The van der Waals surface area contributed by atoms with Gasteiger partial charge in [-0.05, 0) is 39.3 Å². The number of Topliss-reactive ketones (excluding diaryl/α,β-unsaturated/α-hetero) is 1. The molecule has 3 heteroatoms. The van der Waals surface area contributed by atoms with E-state index in [0.29, 0.717) is 0 Å². The third-order valence-corrected chi connectivity index (χ3v) is 4.57. The van der Waals surface area contributed by atoms with Crippen LogP contribution in [0.5, 0.6) is 0 Å². The summed E-state index contributed by atoms with van der Waals surface area (Å²) >= 11 is 1.53. The number of benzene rings is 1. The topological polar surface area (TPSA) is 37.3 Å². The van der Waals surface area contributed by atoms with E-state index in [9.17, 15) is 9.90 Å². The van der Waals surface area contributed by atoms with Gasteiger partial charge in [-0.15, -0.1) is 11.8 Å². The number of aliphatic hydroxyl groups excluding tert-OH is 1. The maximum absolute atomic E-state index is 12.4. The Morgan fingerprint density at radius 2 is 1.83 bits per heavy atom. The second-order valence-corrected chi connectivity index (χ2v) is 6.63. The number of carbonyl (C=O) groups excluding carboxylic acids is 1. The van der Waals surface area contributed by atoms with E-state index >= 15 is 0 Å². The van der Waals surface area contributed by atoms with Crippen LogP contribution in [-0.2, 0) is 0 Å². The van der Waals surface area contributed by atoms with Crippen LogP contribution >= 0.6 is 11.8 Å². The number of rotatable bonds is 5. The zero-order chi connectivity index (χ0) is 13.9. The Morgan fingerprint density at radius 1 is 1.22 bits per heavy atom. The molecule has 0 fully saturated rings.